The van der Waals surface area contributed by atoms with Crippen molar-refractivity contribution in [3.63, 3.8) is 0 Å². The second-order valence-corrected chi connectivity index (χ2v) is 5.36. The minimum Gasteiger partial charge on any atom is -0.374 e. The summed E-state index contributed by atoms with van der Waals surface area (Å²) < 4.78 is 0. The van der Waals surface area contributed by atoms with E-state index in [1.54, 1.807) is 0 Å². The van der Waals surface area contributed by atoms with E-state index in [-0.39, 0.29) is 11.9 Å². The Balaban J connectivity index is 1.62. The highest BCUT2D eigenvalue weighted by molar-refractivity contribution is 5.87. The van der Waals surface area contributed by atoms with Crippen molar-refractivity contribution in [2.45, 2.75) is 31.3 Å². The largest absolute Gasteiger partial charge is 0.374 e. The number of hydrogen-bond donors (Lipinski definition) is 2. The first-order valence-electron chi connectivity index (χ1n) is 7.17. The predicted octanol–water partition coefficient (Wildman–Crippen LogP) is 1.45. The van der Waals surface area contributed by atoms with E-state index >= 15 is 0 Å². The monoisotopic (exact) mass is 259 g/mol. The summed E-state index contributed by atoms with van der Waals surface area (Å²) in [5.41, 5.74) is 1.04. The molecule has 1 aromatic carbocycles. The Morgan fingerprint density at radius 3 is 2.58 bits per heavy atom. The highest BCUT2D eigenvalue weighted by Crippen LogP contribution is 2.22. The molecule has 0 aliphatic carbocycles. The van der Waals surface area contributed by atoms with Gasteiger partial charge in [0.2, 0.25) is 5.91 Å². The molecule has 0 radical (unpaired) electrons. The molecule has 4 heteroatoms. The van der Waals surface area contributed by atoms with Crippen LogP contribution in [0.25, 0.3) is 0 Å². The number of hydrogen-bond acceptors (Lipinski definition) is 3. The SMILES string of the molecule is O=C1C(Nc2ccccc2)CCN1C1CCNCC1. The van der Waals surface area contributed by atoms with E-state index in [1.165, 1.54) is 0 Å². The minimum atomic E-state index is -0.0442. The van der Waals surface area contributed by atoms with Crippen LogP contribution in [0.1, 0.15) is 19.3 Å². The number of nitrogens with zero attached hydrogens (tertiary/aromatic N) is 1. The van der Waals surface area contributed by atoms with E-state index in [1.807, 2.05) is 30.3 Å². The van der Waals surface area contributed by atoms with Crippen molar-refractivity contribution < 1.29 is 4.79 Å². The van der Waals surface area contributed by atoms with Gasteiger partial charge in [0, 0.05) is 18.3 Å². The molecular formula is C15H21N3O. The maximum atomic E-state index is 12.5. The minimum absolute atomic E-state index is 0.0442. The molecule has 19 heavy (non-hydrogen) atoms. The molecule has 0 bridgehead atoms. The lowest BCUT2D eigenvalue weighted by Crippen LogP contribution is -2.45. The number of carbonyl (C=O) groups excluding carboxylic acids is 1. The van der Waals surface area contributed by atoms with E-state index < -0.39 is 0 Å². The molecule has 2 fully saturated rings. The number of amides is 1. The zero-order valence-electron chi connectivity index (χ0n) is 11.1. The Labute approximate surface area is 114 Å². The Bertz CT molecular complexity index is 428. The number of para-hydroxylation sites is 1. The predicted molar refractivity (Wildman–Crippen MR) is 76.1 cm³/mol. The average molecular weight is 259 g/mol. The van der Waals surface area contributed by atoms with Crippen LogP contribution in [0.3, 0.4) is 0 Å². The van der Waals surface area contributed by atoms with Gasteiger partial charge in [-0.2, -0.15) is 0 Å². The maximum absolute atomic E-state index is 12.5. The van der Waals surface area contributed by atoms with Crippen molar-refractivity contribution in [3.05, 3.63) is 30.3 Å². The van der Waals surface area contributed by atoms with Crippen LogP contribution in [-0.2, 0) is 4.79 Å². The van der Waals surface area contributed by atoms with E-state index in [2.05, 4.69) is 15.5 Å². The van der Waals surface area contributed by atoms with Gasteiger partial charge in [0.15, 0.2) is 0 Å². The molecule has 1 aromatic rings. The Hall–Kier alpha value is -1.55. The van der Waals surface area contributed by atoms with E-state index in [0.717, 1.165) is 44.6 Å². The second kappa shape index (κ2) is 5.61. The molecule has 0 saturated carbocycles. The van der Waals surface area contributed by atoms with Gasteiger partial charge in [-0.15, -0.1) is 0 Å². The first-order chi connectivity index (χ1) is 9.34. The number of nitrogens with one attached hydrogen (secondary N) is 2. The van der Waals surface area contributed by atoms with E-state index in [0.29, 0.717) is 6.04 Å². The Morgan fingerprint density at radius 2 is 1.84 bits per heavy atom. The molecule has 102 valence electrons. The summed E-state index contributed by atoms with van der Waals surface area (Å²) in [5, 5.41) is 6.70. The number of benzene rings is 1. The Kier molecular flexibility index (Phi) is 3.69. The van der Waals surface area contributed by atoms with Crippen LogP contribution >= 0.6 is 0 Å². The summed E-state index contributed by atoms with van der Waals surface area (Å²) in [6, 6.07) is 10.4. The van der Waals surface area contributed by atoms with Crippen molar-refractivity contribution in [1.82, 2.24) is 10.2 Å². The van der Waals surface area contributed by atoms with E-state index in [4.69, 9.17) is 0 Å². The first-order valence-corrected chi connectivity index (χ1v) is 7.17. The molecule has 2 aliphatic heterocycles. The number of anilines is 1. The lowest BCUT2D eigenvalue weighted by molar-refractivity contribution is -0.130. The summed E-state index contributed by atoms with van der Waals surface area (Å²) >= 11 is 0. The van der Waals surface area contributed by atoms with Crippen LogP contribution in [0.4, 0.5) is 5.69 Å². The summed E-state index contributed by atoms with van der Waals surface area (Å²) in [5.74, 6) is 0.274. The van der Waals surface area contributed by atoms with Crippen LogP contribution in [0.15, 0.2) is 30.3 Å². The summed E-state index contributed by atoms with van der Waals surface area (Å²) in [6.45, 7) is 2.96. The topological polar surface area (TPSA) is 44.4 Å². The van der Waals surface area contributed by atoms with Crippen molar-refractivity contribution in [2.75, 3.05) is 25.0 Å². The fourth-order valence-corrected chi connectivity index (χ4v) is 3.05. The third-order valence-corrected chi connectivity index (χ3v) is 4.10. The molecule has 4 nitrogen and oxygen atoms in total. The van der Waals surface area contributed by atoms with Gasteiger partial charge in [-0.1, -0.05) is 18.2 Å². The third kappa shape index (κ3) is 2.73. The molecule has 1 amide bonds. The smallest absolute Gasteiger partial charge is 0.245 e. The zero-order valence-corrected chi connectivity index (χ0v) is 11.1. The molecule has 2 saturated heterocycles. The van der Waals surface area contributed by atoms with Gasteiger partial charge < -0.3 is 15.5 Å². The fraction of sp³-hybridized carbons (Fsp3) is 0.533. The second-order valence-electron chi connectivity index (χ2n) is 5.36. The summed E-state index contributed by atoms with van der Waals surface area (Å²) in [7, 11) is 0. The van der Waals surface area contributed by atoms with Crippen LogP contribution in [0, 0.1) is 0 Å². The lowest BCUT2D eigenvalue weighted by atomic mass is 10.1. The molecule has 2 aliphatic rings. The normalized spacial score (nSPS) is 24.7. The van der Waals surface area contributed by atoms with Gasteiger partial charge in [-0.05, 0) is 44.5 Å². The van der Waals surface area contributed by atoms with Crippen molar-refractivity contribution >= 4 is 11.6 Å². The van der Waals surface area contributed by atoms with Crippen LogP contribution in [0.5, 0.6) is 0 Å². The van der Waals surface area contributed by atoms with E-state index in [9.17, 15) is 4.79 Å². The summed E-state index contributed by atoms with van der Waals surface area (Å²) in [4.78, 5) is 14.5. The molecule has 2 heterocycles. The molecule has 0 aromatic heterocycles. The van der Waals surface area contributed by atoms with Crippen molar-refractivity contribution in [2.24, 2.45) is 0 Å². The number of likely N-dealkylation sites (tertiary alicyclic amines) is 1. The molecule has 1 atom stereocenters. The van der Waals surface area contributed by atoms with Crippen LogP contribution < -0.4 is 10.6 Å². The maximum Gasteiger partial charge on any atom is 0.245 e. The van der Waals surface area contributed by atoms with Gasteiger partial charge in [-0.3, -0.25) is 4.79 Å². The molecule has 0 spiro atoms. The summed E-state index contributed by atoms with van der Waals surface area (Å²) in [6.07, 6.45) is 3.09. The van der Waals surface area contributed by atoms with Crippen LogP contribution in [-0.4, -0.2) is 42.5 Å². The van der Waals surface area contributed by atoms with Gasteiger partial charge in [0.05, 0.1) is 0 Å². The first kappa shape index (κ1) is 12.5. The standard InChI is InChI=1S/C15H21N3O/c19-15-14(17-12-4-2-1-3-5-12)8-11-18(15)13-6-9-16-10-7-13/h1-5,13-14,16-17H,6-11H2. The quantitative estimate of drug-likeness (QED) is 0.863. The number of piperidine rings is 1. The van der Waals surface area contributed by atoms with Gasteiger partial charge >= 0.3 is 0 Å². The van der Waals surface area contributed by atoms with Crippen LogP contribution in [0.2, 0.25) is 0 Å². The lowest BCUT2D eigenvalue weighted by Gasteiger charge is -2.31. The fourth-order valence-electron chi connectivity index (χ4n) is 3.05. The molecule has 2 N–H and O–H groups in total. The zero-order chi connectivity index (χ0) is 13.1. The molecule has 1 unspecified atom stereocenters. The Morgan fingerprint density at radius 1 is 1.11 bits per heavy atom. The third-order valence-electron chi connectivity index (χ3n) is 4.10. The van der Waals surface area contributed by atoms with Gasteiger partial charge in [-0.25, -0.2) is 0 Å². The van der Waals surface area contributed by atoms with Gasteiger partial charge in [0.25, 0.3) is 0 Å². The highest BCUT2D eigenvalue weighted by atomic mass is 16.2. The van der Waals surface area contributed by atoms with Crippen molar-refractivity contribution in [3.8, 4) is 0 Å². The molecular weight excluding hydrogens is 238 g/mol. The average Bonchev–Trinajstić information content (AvgIpc) is 2.82. The highest BCUT2D eigenvalue weighted by Gasteiger charge is 2.36. The number of rotatable bonds is 3. The molecule has 3 rings (SSSR count). The number of carbonyl (C=O) groups is 1. The van der Waals surface area contributed by atoms with Crippen molar-refractivity contribution in [1.29, 1.82) is 0 Å². The van der Waals surface area contributed by atoms with Gasteiger partial charge in [0.1, 0.15) is 6.04 Å².